The number of carbonyl (C=O) groups is 1. The molecule has 5 heteroatoms. The molecule has 2 aliphatic rings. The Morgan fingerprint density at radius 2 is 2.20 bits per heavy atom. The molecule has 2 atom stereocenters. The minimum Gasteiger partial charge on any atom is -0.477 e. The molecule has 0 aliphatic carbocycles. The van der Waals surface area contributed by atoms with Crippen LogP contribution in [0.3, 0.4) is 0 Å². The van der Waals surface area contributed by atoms with Crippen molar-refractivity contribution in [2.75, 3.05) is 31.6 Å². The van der Waals surface area contributed by atoms with Crippen LogP contribution in [-0.2, 0) is 0 Å². The number of carboxylic acid groups (broad SMARTS) is 1. The maximum Gasteiger partial charge on any atom is 0.354 e. The summed E-state index contributed by atoms with van der Waals surface area (Å²) in [6, 6.07) is 5.93. The number of aromatic carboxylic acids is 1. The molecule has 2 saturated heterocycles. The highest BCUT2D eigenvalue weighted by Crippen LogP contribution is 2.31. The molecule has 2 fully saturated rings. The predicted octanol–water partition coefficient (Wildman–Crippen LogP) is 1.70. The van der Waals surface area contributed by atoms with Gasteiger partial charge in [-0.05, 0) is 50.9 Å². The van der Waals surface area contributed by atoms with Gasteiger partial charge in [-0.25, -0.2) is 9.78 Å². The van der Waals surface area contributed by atoms with E-state index in [1.165, 1.54) is 19.4 Å². The van der Waals surface area contributed by atoms with E-state index in [4.69, 9.17) is 5.11 Å². The lowest BCUT2D eigenvalue weighted by Crippen LogP contribution is -2.52. The number of nitrogens with zero attached hydrogens (tertiary/aromatic N) is 3. The third-order valence-corrected chi connectivity index (χ3v) is 4.62. The summed E-state index contributed by atoms with van der Waals surface area (Å²) >= 11 is 0. The van der Waals surface area contributed by atoms with Gasteiger partial charge < -0.3 is 14.9 Å². The molecule has 3 rings (SSSR count). The van der Waals surface area contributed by atoms with Crippen LogP contribution in [0.25, 0.3) is 0 Å². The van der Waals surface area contributed by atoms with Crippen LogP contribution in [0.1, 0.15) is 29.8 Å². The highest BCUT2D eigenvalue weighted by molar-refractivity contribution is 5.85. The van der Waals surface area contributed by atoms with Crippen molar-refractivity contribution in [2.24, 2.45) is 5.92 Å². The van der Waals surface area contributed by atoms with Crippen LogP contribution in [0.4, 0.5) is 5.82 Å². The fraction of sp³-hybridized carbons (Fsp3) is 0.600. The third-order valence-electron chi connectivity index (χ3n) is 4.62. The van der Waals surface area contributed by atoms with Crippen molar-refractivity contribution in [1.82, 2.24) is 9.88 Å². The number of carboxylic acids is 1. The minimum absolute atomic E-state index is 0.130. The van der Waals surface area contributed by atoms with Crippen molar-refractivity contribution in [3.05, 3.63) is 23.9 Å². The summed E-state index contributed by atoms with van der Waals surface area (Å²) in [6.07, 6.45) is 3.67. The molecule has 1 N–H and O–H groups in total. The van der Waals surface area contributed by atoms with Gasteiger partial charge in [-0.2, -0.15) is 0 Å². The van der Waals surface area contributed by atoms with E-state index >= 15 is 0 Å². The van der Waals surface area contributed by atoms with Gasteiger partial charge in [0.1, 0.15) is 5.82 Å². The molecule has 1 aromatic rings. The molecule has 0 aromatic carbocycles. The zero-order valence-electron chi connectivity index (χ0n) is 11.8. The standard InChI is InChI=1S/C15H21N3O2/c1-17-8-3-4-11-10-18(9-7-13(11)17)14-6-2-5-12(16-14)15(19)20/h2,5-6,11,13H,3-4,7-10H2,1H3,(H,19,20). The van der Waals surface area contributed by atoms with Crippen LogP contribution in [0.2, 0.25) is 0 Å². The van der Waals surface area contributed by atoms with Gasteiger partial charge in [0.25, 0.3) is 0 Å². The molecule has 0 bridgehead atoms. The van der Waals surface area contributed by atoms with E-state index in [1.54, 1.807) is 12.1 Å². The fourth-order valence-corrected chi connectivity index (χ4v) is 3.58. The van der Waals surface area contributed by atoms with Crippen molar-refractivity contribution in [3.8, 4) is 0 Å². The Bertz CT molecular complexity index is 506. The highest BCUT2D eigenvalue weighted by Gasteiger charge is 2.34. The van der Waals surface area contributed by atoms with Crippen molar-refractivity contribution in [3.63, 3.8) is 0 Å². The number of hydrogen-bond donors (Lipinski definition) is 1. The Labute approximate surface area is 119 Å². The highest BCUT2D eigenvalue weighted by atomic mass is 16.4. The summed E-state index contributed by atoms with van der Waals surface area (Å²) in [5.74, 6) is 0.522. The maximum absolute atomic E-state index is 11.0. The second-order valence-electron chi connectivity index (χ2n) is 5.87. The Balaban J connectivity index is 1.76. The summed E-state index contributed by atoms with van der Waals surface area (Å²) in [6.45, 7) is 3.15. The van der Waals surface area contributed by atoms with E-state index < -0.39 is 5.97 Å². The van der Waals surface area contributed by atoms with Crippen molar-refractivity contribution < 1.29 is 9.90 Å². The lowest BCUT2D eigenvalue weighted by molar-refractivity contribution is 0.0690. The van der Waals surface area contributed by atoms with Gasteiger partial charge in [0.05, 0.1) is 0 Å². The number of hydrogen-bond acceptors (Lipinski definition) is 4. The first-order valence-electron chi connectivity index (χ1n) is 7.30. The average Bonchev–Trinajstić information content (AvgIpc) is 2.47. The van der Waals surface area contributed by atoms with Gasteiger partial charge in [0, 0.05) is 19.1 Å². The molecule has 0 amide bonds. The van der Waals surface area contributed by atoms with Gasteiger partial charge in [-0.3, -0.25) is 0 Å². The van der Waals surface area contributed by atoms with Gasteiger partial charge in [0.2, 0.25) is 0 Å². The van der Waals surface area contributed by atoms with Crippen molar-refractivity contribution in [2.45, 2.75) is 25.3 Å². The van der Waals surface area contributed by atoms with Crippen LogP contribution >= 0.6 is 0 Å². The minimum atomic E-state index is -0.959. The van der Waals surface area contributed by atoms with Gasteiger partial charge in [-0.1, -0.05) is 6.07 Å². The lowest BCUT2D eigenvalue weighted by atomic mass is 9.84. The number of pyridine rings is 1. The molecule has 2 unspecified atom stereocenters. The van der Waals surface area contributed by atoms with E-state index in [2.05, 4.69) is 21.8 Å². The number of anilines is 1. The molecule has 0 saturated carbocycles. The van der Waals surface area contributed by atoms with Crippen LogP contribution in [0.5, 0.6) is 0 Å². The molecule has 2 aliphatic heterocycles. The number of aromatic nitrogens is 1. The van der Waals surface area contributed by atoms with Crippen LogP contribution in [0, 0.1) is 5.92 Å². The van der Waals surface area contributed by atoms with Crippen LogP contribution in [-0.4, -0.2) is 53.7 Å². The van der Waals surface area contributed by atoms with E-state index in [1.807, 2.05) is 6.07 Å². The monoisotopic (exact) mass is 275 g/mol. The Hall–Kier alpha value is -1.62. The van der Waals surface area contributed by atoms with Gasteiger partial charge in [-0.15, -0.1) is 0 Å². The topological polar surface area (TPSA) is 56.7 Å². The molecule has 3 heterocycles. The summed E-state index contributed by atoms with van der Waals surface area (Å²) in [7, 11) is 2.22. The Kier molecular flexibility index (Phi) is 3.61. The maximum atomic E-state index is 11.0. The number of rotatable bonds is 2. The zero-order valence-corrected chi connectivity index (χ0v) is 11.8. The number of fused-ring (bicyclic) bond motifs is 1. The summed E-state index contributed by atoms with van der Waals surface area (Å²) in [5.41, 5.74) is 0.130. The van der Waals surface area contributed by atoms with Crippen LogP contribution in [0.15, 0.2) is 18.2 Å². The van der Waals surface area contributed by atoms with E-state index in [0.717, 1.165) is 25.3 Å². The molecule has 0 spiro atoms. The summed E-state index contributed by atoms with van der Waals surface area (Å²) < 4.78 is 0. The summed E-state index contributed by atoms with van der Waals surface area (Å²) in [5, 5.41) is 9.04. The molecular formula is C15H21N3O2. The lowest BCUT2D eigenvalue weighted by Gasteiger charge is -2.46. The van der Waals surface area contributed by atoms with Gasteiger partial charge in [0.15, 0.2) is 5.69 Å². The van der Waals surface area contributed by atoms with Gasteiger partial charge >= 0.3 is 5.97 Å². The largest absolute Gasteiger partial charge is 0.477 e. The smallest absolute Gasteiger partial charge is 0.354 e. The average molecular weight is 275 g/mol. The van der Waals surface area contributed by atoms with Crippen molar-refractivity contribution >= 4 is 11.8 Å². The second kappa shape index (κ2) is 5.40. The predicted molar refractivity (Wildman–Crippen MR) is 77.2 cm³/mol. The second-order valence-corrected chi connectivity index (χ2v) is 5.87. The third kappa shape index (κ3) is 2.50. The molecule has 20 heavy (non-hydrogen) atoms. The van der Waals surface area contributed by atoms with E-state index in [-0.39, 0.29) is 5.69 Å². The number of piperidine rings is 2. The molecular weight excluding hydrogens is 254 g/mol. The Morgan fingerprint density at radius 1 is 1.35 bits per heavy atom. The molecule has 0 radical (unpaired) electrons. The first-order chi connectivity index (χ1) is 9.65. The number of likely N-dealkylation sites (tertiary alicyclic amines) is 1. The summed E-state index contributed by atoms with van der Waals surface area (Å²) in [4.78, 5) is 20.0. The fourth-order valence-electron chi connectivity index (χ4n) is 3.58. The van der Waals surface area contributed by atoms with Crippen molar-refractivity contribution in [1.29, 1.82) is 0 Å². The zero-order chi connectivity index (χ0) is 14.1. The Morgan fingerprint density at radius 3 is 3.00 bits per heavy atom. The quantitative estimate of drug-likeness (QED) is 0.890. The SMILES string of the molecule is CN1CCCC2CN(c3cccc(C(=O)O)n3)CCC21. The first kappa shape index (κ1) is 13.4. The molecule has 108 valence electrons. The molecule has 1 aromatic heterocycles. The first-order valence-corrected chi connectivity index (χ1v) is 7.30. The van der Waals surface area contributed by atoms with Crippen LogP contribution < -0.4 is 4.90 Å². The molecule has 5 nitrogen and oxygen atoms in total. The normalized spacial score (nSPS) is 27.1. The van der Waals surface area contributed by atoms with E-state index in [9.17, 15) is 4.79 Å². The van der Waals surface area contributed by atoms with E-state index in [0.29, 0.717) is 12.0 Å².